The largest absolute Gasteiger partial charge is 0.394 e. The van der Waals surface area contributed by atoms with E-state index in [4.69, 9.17) is 4.74 Å². The Morgan fingerprint density at radius 3 is 2.46 bits per heavy atom. The molecule has 0 bridgehead atoms. The first-order valence-corrected chi connectivity index (χ1v) is 7.99. The normalized spacial score (nSPS) is 24.9. The number of aliphatic hydroxyl groups excluding tert-OH is 3. The summed E-state index contributed by atoms with van der Waals surface area (Å²) in [7, 11) is 0. The molecule has 1 saturated heterocycles. The van der Waals surface area contributed by atoms with Crippen LogP contribution in [0.2, 0.25) is 0 Å². The van der Waals surface area contributed by atoms with Crippen LogP contribution in [0.25, 0.3) is 0 Å². The fourth-order valence-electron chi connectivity index (χ4n) is 2.86. The fraction of sp³-hybridized carbons (Fsp3) is 0.333. The lowest BCUT2D eigenvalue weighted by atomic mass is 10.1. The predicted octanol–water partition coefficient (Wildman–Crippen LogP) is -1.14. The Balaban J connectivity index is 2.08. The molecule has 0 spiro atoms. The minimum absolute atomic E-state index is 0.0474. The third-order valence-electron chi connectivity index (χ3n) is 4.27. The molecule has 4 N–H and O–H groups in total. The summed E-state index contributed by atoms with van der Waals surface area (Å²) in [6, 6.07) is 9.00. The van der Waals surface area contributed by atoms with Crippen molar-refractivity contribution in [2.24, 2.45) is 0 Å². The molecule has 136 valence electrons. The van der Waals surface area contributed by atoms with E-state index in [9.17, 15) is 24.9 Å². The Morgan fingerprint density at radius 2 is 1.85 bits per heavy atom. The van der Waals surface area contributed by atoms with E-state index in [1.807, 2.05) is 6.07 Å². The number of benzene rings is 1. The topological polar surface area (TPSA) is 125 Å². The zero-order valence-electron chi connectivity index (χ0n) is 13.9. The van der Waals surface area contributed by atoms with Gasteiger partial charge in [0.1, 0.15) is 23.9 Å². The Labute approximate surface area is 148 Å². The Bertz CT molecular complexity index is 969. The van der Waals surface area contributed by atoms with Gasteiger partial charge in [-0.15, -0.1) is 0 Å². The van der Waals surface area contributed by atoms with Crippen LogP contribution in [0.5, 0.6) is 0 Å². The molecule has 26 heavy (non-hydrogen) atoms. The molecule has 0 saturated carbocycles. The van der Waals surface area contributed by atoms with Crippen molar-refractivity contribution in [3.05, 3.63) is 68.0 Å². The average molecular weight is 358 g/mol. The maximum Gasteiger partial charge on any atom is 0.330 e. The van der Waals surface area contributed by atoms with Gasteiger partial charge in [-0.2, -0.15) is 0 Å². The second-order valence-electron chi connectivity index (χ2n) is 5.93. The van der Waals surface area contributed by atoms with Gasteiger partial charge < -0.3 is 20.1 Å². The molecule has 1 aliphatic rings. The van der Waals surface area contributed by atoms with Crippen LogP contribution in [0, 0.1) is 18.8 Å². The summed E-state index contributed by atoms with van der Waals surface area (Å²) in [4.78, 5) is 26.5. The number of nitrogens with one attached hydrogen (secondary N) is 1. The van der Waals surface area contributed by atoms with E-state index in [1.54, 1.807) is 24.3 Å². The molecule has 1 aromatic heterocycles. The summed E-state index contributed by atoms with van der Waals surface area (Å²) in [5.41, 5.74) is -0.522. The molecule has 4 atom stereocenters. The van der Waals surface area contributed by atoms with E-state index in [0.717, 1.165) is 4.57 Å². The lowest BCUT2D eigenvalue weighted by Gasteiger charge is -2.20. The quantitative estimate of drug-likeness (QED) is 0.503. The van der Waals surface area contributed by atoms with Crippen LogP contribution in [-0.2, 0) is 4.74 Å². The number of nitrogens with zero attached hydrogens (tertiary/aromatic N) is 1. The maximum absolute atomic E-state index is 12.2. The van der Waals surface area contributed by atoms with Gasteiger partial charge in [-0.25, -0.2) is 4.79 Å². The Kier molecular flexibility index (Phi) is 5.06. The molecular formula is C18H18N2O6. The first kappa shape index (κ1) is 18.1. The van der Waals surface area contributed by atoms with E-state index < -0.39 is 42.4 Å². The standard InChI is InChI=1S/C18H18N2O6/c1-10-12(8-7-11-5-3-2-4-6-11)16(24)19-18(25)20(10)17-15(23)14(22)13(9-21)26-17/h2-6,13-15,17,21-23H,9H2,1H3,(H,19,24,25)/t13-,14-,15-,17-/m1/s1. The molecular weight excluding hydrogens is 340 g/mol. The van der Waals surface area contributed by atoms with Gasteiger partial charge in [0.05, 0.1) is 6.61 Å². The SMILES string of the molecule is Cc1c(C#Cc2ccccc2)c(=O)[nH]c(=O)n1[C@@H]1O[C@H](CO)[C@@H](O)[C@H]1O. The summed E-state index contributed by atoms with van der Waals surface area (Å²) in [5, 5.41) is 29.3. The van der Waals surface area contributed by atoms with Gasteiger partial charge in [-0.3, -0.25) is 14.3 Å². The van der Waals surface area contributed by atoms with Crippen molar-refractivity contribution < 1.29 is 20.1 Å². The Morgan fingerprint density at radius 1 is 1.15 bits per heavy atom. The minimum Gasteiger partial charge on any atom is -0.394 e. The number of aliphatic hydroxyl groups is 3. The highest BCUT2D eigenvalue weighted by molar-refractivity contribution is 5.43. The van der Waals surface area contributed by atoms with Crippen LogP contribution in [-0.4, -0.2) is 49.8 Å². The van der Waals surface area contributed by atoms with E-state index in [0.29, 0.717) is 5.56 Å². The third-order valence-corrected chi connectivity index (χ3v) is 4.27. The van der Waals surface area contributed by atoms with Gasteiger partial charge in [-0.05, 0) is 19.1 Å². The smallest absolute Gasteiger partial charge is 0.330 e. The molecule has 2 heterocycles. The fourth-order valence-corrected chi connectivity index (χ4v) is 2.86. The second kappa shape index (κ2) is 7.27. The van der Waals surface area contributed by atoms with Gasteiger partial charge in [0.2, 0.25) is 0 Å². The highest BCUT2D eigenvalue weighted by atomic mass is 16.6. The van der Waals surface area contributed by atoms with Gasteiger partial charge >= 0.3 is 5.69 Å². The third kappa shape index (κ3) is 3.21. The van der Waals surface area contributed by atoms with Crippen LogP contribution >= 0.6 is 0 Å². The Hall–Kier alpha value is -2.70. The second-order valence-corrected chi connectivity index (χ2v) is 5.93. The molecule has 2 aromatic rings. The summed E-state index contributed by atoms with van der Waals surface area (Å²) in [6.07, 6.45) is -5.08. The van der Waals surface area contributed by atoms with E-state index in [2.05, 4.69) is 16.8 Å². The summed E-state index contributed by atoms with van der Waals surface area (Å²) < 4.78 is 6.41. The van der Waals surface area contributed by atoms with Gasteiger partial charge in [-0.1, -0.05) is 30.0 Å². The lowest BCUT2D eigenvalue weighted by Crippen LogP contribution is -2.40. The molecule has 1 aromatic carbocycles. The first-order valence-electron chi connectivity index (χ1n) is 7.99. The van der Waals surface area contributed by atoms with Gasteiger partial charge in [0.15, 0.2) is 6.23 Å². The minimum atomic E-state index is -1.44. The number of rotatable bonds is 2. The van der Waals surface area contributed by atoms with Crippen molar-refractivity contribution in [3.63, 3.8) is 0 Å². The van der Waals surface area contributed by atoms with Gasteiger partial charge in [0.25, 0.3) is 5.56 Å². The molecule has 0 aliphatic carbocycles. The summed E-state index contributed by atoms with van der Waals surface area (Å²) >= 11 is 0. The van der Waals surface area contributed by atoms with Crippen LogP contribution in [0.3, 0.4) is 0 Å². The molecule has 8 heteroatoms. The monoisotopic (exact) mass is 358 g/mol. The highest BCUT2D eigenvalue weighted by Crippen LogP contribution is 2.29. The summed E-state index contributed by atoms with van der Waals surface area (Å²) in [5.74, 6) is 5.58. The number of aromatic amines is 1. The predicted molar refractivity (Wildman–Crippen MR) is 91.5 cm³/mol. The zero-order valence-corrected chi connectivity index (χ0v) is 13.9. The van der Waals surface area contributed by atoms with Crippen molar-refractivity contribution in [1.29, 1.82) is 0 Å². The number of aromatic nitrogens is 2. The number of hydrogen-bond acceptors (Lipinski definition) is 6. The molecule has 8 nitrogen and oxygen atoms in total. The van der Waals surface area contributed by atoms with Crippen molar-refractivity contribution in [2.75, 3.05) is 6.61 Å². The van der Waals surface area contributed by atoms with Crippen LogP contribution in [0.4, 0.5) is 0 Å². The molecule has 3 rings (SSSR count). The molecule has 0 amide bonds. The van der Waals surface area contributed by atoms with Crippen molar-refractivity contribution in [3.8, 4) is 11.8 Å². The lowest BCUT2D eigenvalue weighted by molar-refractivity contribution is -0.0559. The number of hydrogen-bond donors (Lipinski definition) is 4. The molecule has 1 aliphatic heterocycles. The van der Waals surface area contributed by atoms with E-state index >= 15 is 0 Å². The van der Waals surface area contributed by atoms with Crippen LogP contribution in [0.15, 0.2) is 39.9 Å². The first-order chi connectivity index (χ1) is 12.4. The van der Waals surface area contributed by atoms with Gasteiger partial charge in [0, 0.05) is 11.3 Å². The zero-order chi connectivity index (χ0) is 18.8. The molecule has 0 radical (unpaired) electrons. The molecule has 0 unspecified atom stereocenters. The van der Waals surface area contributed by atoms with Crippen molar-refractivity contribution in [1.82, 2.24) is 9.55 Å². The van der Waals surface area contributed by atoms with E-state index in [1.165, 1.54) is 6.92 Å². The summed E-state index contributed by atoms with van der Waals surface area (Å²) in [6.45, 7) is 0.979. The maximum atomic E-state index is 12.2. The van der Waals surface area contributed by atoms with Crippen molar-refractivity contribution in [2.45, 2.75) is 31.5 Å². The van der Waals surface area contributed by atoms with Crippen molar-refractivity contribution >= 4 is 0 Å². The van der Waals surface area contributed by atoms with E-state index in [-0.39, 0.29) is 11.3 Å². The van der Waals surface area contributed by atoms with Crippen LogP contribution < -0.4 is 11.2 Å². The number of H-pyrrole nitrogens is 1. The molecule has 1 fully saturated rings. The highest BCUT2D eigenvalue weighted by Gasteiger charge is 2.44. The number of ether oxygens (including phenoxy) is 1. The average Bonchev–Trinajstić information content (AvgIpc) is 2.90. The van der Waals surface area contributed by atoms with Crippen LogP contribution in [0.1, 0.15) is 23.0 Å².